The third kappa shape index (κ3) is 4.74. The molecule has 6 heteroatoms. The standard InChI is InChI=1S/C23H30N4O2/c1-17(28)26-11-12-27(22(29)14-18-5-2-3-6-18)16-19(15-26)13-20-8-10-24-21-7-4-9-25-23(20)21/h4,7-10,18-19H,2-3,5-6,11-16H2,1H3. The fraction of sp³-hybridized carbons (Fsp3) is 0.565. The summed E-state index contributed by atoms with van der Waals surface area (Å²) in [6, 6.07) is 5.88. The van der Waals surface area contributed by atoms with Crippen LogP contribution >= 0.6 is 0 Å². The predicted molar refractivity (Wildman–Crippen MR) is 112 cm³/mol. The Balaban J connectivity index is 1.52. The van der Waals surface area contributed by atoms with Gasteiger partial charge in [-0.3, -0.25) is 19.6 Å². The molecule has 6 nitrogen and oxygen atoms in total. The molecule has 1 saturated heterocycles. The van der Waals surface area contributed by atoms with Crippen LogP contribution in [-0.2, 0) is 16.0 Å². The van der Waals surface area contributed by atoms with Crippen molar-refractivity contribution in [2.45, 2.75) is 45.4 Å². The highest BCUT2D eigenvalue weighted by Gasteiger charge is 2.29. The number of carbonyl (C=O) groups excluding carboxylic acids is 2. The van der Waals surface area contributed by atoms with E-state index in [9.17, 15) is 9.59 Å². The van der Waals surface area contributed by atoms with Crippen LogP contribution in [0, 0.1) is 11.8 Å². The third-order valence-electron chi connectivity index (χ3n) is 6.42. The van der Waals surface area contributed by atoms with Crippen molar-refractivity contribution >= 4 is 22.8 Å². The summed E-state index contributed by atoms with van der Waals surface area (Å²) in [5.41, 5.74) is 2.93. The molecule has 0 bridgehead atoms. The molecular formula is C23H30N4O2. The van der Waals surface area contributed by atoms with Gasteiger partial charge >= 0.3 is 0 Å². The quantitative estimate of drug-likeness (QED) is 0.799. The maximum absolute atomic E-state index is 13.0. The minimum absolute atomic E-state index is 0.0813. The average Bonchev–Trinajstić information content (AvgIpc) is 3.13. The van der Waals surface area contributed by atoms with Gasteiger partial charge in [-0.15, -0.1) is 0 Å². The second-order valence-electron chi connectivity index (χ2n) is 8.57. The van der Waals surface area contributed by atoms with E-state index in [0.29, 0.717) is 38.5 Å². The zero-order valence-corrected chi connectivity index (χ0v) is 17.2. The summed E-state index contributed by atoms with van der Waals surface area (Å²) in [6.45, 7) is 4.26. The number of amides is 2. The molecule has 0 aromatic carbocycles. The van der Waals surface area contributed by atoms with E-state index in [-0.39, 0.29) is 17.7 Å². The Kier molecular flexibility index (Phi) is 6.07. The zero-order valence-electron chi connectivity index (χ0n) is 17.2. The number of hydrogen-bond acceptors (Lipinski definition) is 4. The van der Waals surface area contributed by atoms with Crippen molar-refractivity contribution < 1.29 is 9.59 Å². The lowest BCUT2D eigenvalue weighted by atomic mass is 9.97. The van der Waals surface area contributed by atoms with Gasteiger partial charge in [0.25, 0.3) is 0 Å². The van der Waals surface area contributed by atoms with Gasteiger partial charge in [0.15, 0.2) is 0 Å². The number of fused-ring (bicyclic) bond motifs is 1. The molecule has 1 aliphatic heterocycles. The first-order valence-corrected chi connectivity index (χ1v) is 10.8. The summed E-state index contributed by atoms with van der Waals surface area (Å²) in [4.78, 5) is 37.9. The van der Waals surface area contributed by atoms with Crippen molar-refractivity contribution in [3.63, 3.8) is 0 Å². The predicted octanol–water partition coefficient (Wildman–Crippen LogP) is 3.06. The lowest BCUT2D eigenvalue weighted by molar-refractivity contribution is -0.133. The number of rotatable bonds is 4. The van der Waals surface area contributed by atoms with E-state index in [1.165, 1.54) is 25.7 Å². The second-order valence-corrected chi connectivity index (χ2v) is 8.57. The fourth-order valence-electron chi connectivity index (χ4n) is 4.85. The van der Waals surface area contributed by atoms with Crippen molar-refractivity contribution in [2.24, 2.45) is 11.8 Å². The number of aromatic nitrogens is 2. The number of hydrogen-bond donors (Lipinski definition) is 0. The van der Waals surface area contributed by atoms with Crippen LogP contribution in [0.2, 0.25) is 0 Å². The van der Waals surface area contributed by atoms with Crippen molar-refractivity contribution in [3.05, 3.63) is 36.2 Å². The molecular weight excluding hydrogens is 364 g/mol. The zero-order chi connectivity index (χ0) is 20.2. The van der Waals surface area contributed by atoms with Crippen LogP contribution < -0.4 is 0 Å². The van der Waals surface area contributed by atoms with Gasteiger partial charge in [0.05, 0.1) is 11.0 Å². The van der Waals surface area contributed by atoms with Gasteiger partial charge in [0, 0.05) is 51.9 Å². The normalized spacial score (nSPS) is 20.8. The van der Waals surface area contributed by atoms with Crippen LogP contribution in [0.15, 0.2) is 30.6 Å². The van der Waals surface area contributed by atoms with Crippen molar-refractivity contribution in [1.29, 1.82) is 0 Å². The van der Waals surface area contributed by atoms with Gasteiger partial charge < -0.3 is 9.80 Å². The van der Waals surface area contributed by atoms with Crippen LogP contribution in [0.1, 0.15) is 44.6 Å². The summed E-state index contributed by atoms with van der Waals surface area (Å²) in [5.74, 6) is 1.07. The molecule has 1 saturated carbocycles. The van der Waals surface area contributed by atoms with Crippen LogP contribution in [0.25, 0.3) is 11.0 Å². The number of nitrogens with zero attached hydrogens (tertiary/aromatic N) is 4. The molecule has 1 unspecified atom stereocenters. The maximum atomic E-state index is 13.0. The monoisotopic (exact) mass is 394 g/mol. The van der Waals surface area contributed by atoms with Crippen LogP contribution in [0.4, 0.5) is 0 Å². The molecule has 2 aliphatic rings. The van der Waals surface area contributed by atoms with E-state index in [0.717, 1.165) is 23.0 Å². The molecule has 2 aromatic heterocycles. The topological polar surface area (TPSA) is 66.4 Å². The average molecular weight is 395 g/mol. The lowest BCUT2D eigenvalue weighted by Gasteiger charge is -2.25. The summed E-state index contributed by atoms with van der Waals surface area (Å²) in [7, 11) is 0. The highest BCUT2D eigenvalue weighted by Crippen LogP contribution is 2.29. The number of carbonyl (C=O) groups is 2. The molecule has 3 heterocycles. The molecule has 1 atom stereocenters. The Morgan fingerprint density at radius 2 is 1.76 bits per heavy atom. The minimum atomic E-state index is 0.0813. The summed E-state index contributed by atoms with van der Waals surface area (Å²) in [5, 5.41) is 0. The molecule has 29 heavy (non-hydrogen) atoms. The third-order valence-corrected chi connectivity index (χ3v) is 6.42. The molecule has 0 radical (unpaired) electrons. The van der Waals surface area contributed by atoms with Gasteiger partial charge in [-0.1, -0.05) is 12.8 Å². The summed E-state index contributed by atoms with van der Waals surface area (Å²) >= 11 is 0. The molecule has 0 N–H and O–H groups in total. The van der Waals surface area contributed by atoms with Crippen molar-refractivity contribution in [1.82, 2.24) is 19.8 Å². The Hall–Kier alpha value is -2.50. The SMILES string of the molecule is CC(=O)N1CCN(C(=O)CC2CCCC2)CC(Cc2ccnc3cccnc23)C1. The Morgan fingerprint density at radius 1 is 1.00 bits per heavy atom. The van der Waals surface area contributed by atoms with E-state index >= 15 is 0 Å². The Labute approximate surface area is 172 Å². The maximum Gasteiger partial charge on any atom is 0.222 e. The fourth-order valence-corrected chi connectivity index (χ4v) is 4.85. The van der Waals surface area contributed by atoms with Crippen molar-refractivity contribution in [3.8, 4) is 0 Å². The van der Waals surface area contributed by atoms with Crippen LogP contribution in [-0.4, -0.2) is 57.8 Å². The molecule has 0 spiro atoms. The van der Waals surface area contributed by atoms with Gasteiger partial charge in [0.2, 0.25) is 11.8 Å². The minimum Gasteiger partial charge on any atom is -0.341 e. The van der Waals surface area contributed by atoms with Crippen LogP contribution in [0.5, 0.6) is 0 Å². The first kappa shape index (κ1) is 19.8. The van der Waals surface area contributed by atoms with Gasteiger partial charge in [-0.2, -0.15) is 0 Å². The highest BCUT2D eigenvalue weighted by molar-refractivity contribution is 5.78. The van der Waals surface area contributed by atoms with Gasteiger partial charge in [-0.05, 0) is 54.9 Å². The van der Waals surface area contributed by atoms with E-state index in [1.54, 1.807) is 13.1 Å². The summed E-state index contributed by atoms with van der Waals surface area (Å²) < 4.78 is 0. The summed E-state index contributed by atoms with van der Waals surface area (Å²) in [6.07, 6.45) is 9.91. The smallest absolute Gasteiger partial charge is 0.222 e. The first-order chi connectivity index (χ1) is 14.1. The van der Waals surface area contributed by atoms with Crippen molar-refractivity contribution in [2.75, 3.05) is 26.2 Å². The van der Waals surface area contributed by atoms with E-state index < -0.39 is 0 Å². The largest absolute Gasteiger partial charge is 0.341 e. The molecule has 2 fully saturated rings. The van der Waals surface area contributed by atoms with Crippen LogP contribution in [0.3, 0.4) is 0 Å². The first-order valence-electron chi connectivity index (χ1n) is 10.8. The Bertz CT molecular complexity index is 873. The lowest BCUT2D eigenvalue weighted by Crippen LogP contribution is -2.37. The van der Waals surface area contributed by atoms with E-state index in [4.69, 9.17) is 0 Å². The molecule has 2 amide bonds. The molecule has 4 rings (SSSR count). The van der Waals surface area contributed by atoms with Gasteiger partial charge in [-0.25, -0.2) is 0 Å². The second kappa shape index (κ2) is 8.89. The molecule has 2 aromatic rings. The highest BCUT2D eigenvalue weighted by atomic mass is 16.2. The van der Waals surface area contributed by atoms with E-state index in [2.05, 4.69) is 9.97 Å². The Morgan fingerprint density at radius 3 is 2.55 bits per heavy atom. The molecule has 1 aliphatic carbocycles. The number of pyridine rings is 2. The van der Waals surface area contributed by atoms with Gasteiger partial charge in [0.1, 0.15) is 0 Å². The molecule has 154 valence electrons. The van der Waals surface area contributed by atoms with E-state index in [1.807, 2.05) is 34.2 Å².